The Morgan fingerprint density at radius 2 is 1.91 bits per heavy atom. The molecule has 0 N–H and O–H groups in total. The van der Waals surface area contributed by atoms with Crippen molar-refractivity contribution in [2.45, 2.75) is 17.9 Å². The molecule has 0 spiro atoms. The minimum absolute atomic E-state index is 0.0923. The topological polar surface area (TPSA) is 25.4 Å². The number of nitrogens with zero attached hydrogens (tertiary/aromatic N) is 1. The zero-order valence-electron chi connectivity index (χ0n) is 11.1. The second-order valence-corrected chi connectivity index (χ2v) is 6.25. The number of epoxide rings is 1. The van der Waals surface area contributed by atoms with Crippen LogP contribution in [0.25, 0.3) is 0 Å². The third kappa shape index (κ3) is 2.71. The van der Waals surface area contributed by atoms with Crippen LogP contribution in [0, 0.1) is 15.2 Å². The standard InChI is InChI=1S/C15H10F4INO/c16-8-1-3-10(11(17)5-8)15(7-22-15)14(19)13(18)12-4-2-9(20)6-21-12/h1-6,13-14H,7H2. The first kappa shape index (κ1) is 15.7. The van der Waals surface area contributed by atoms with Crippen molar-refractivity contribution in [1.82, 2.24) is 4.98 Å². The highest BCUT2D eigenvalue weighted by Gasteiger charge is 2.58. The number of rotatable bonds is 4. The van der Waals surface area contributed by atoms with Gasteiger partial charge in [0.25, 0.3) is 0 Å². The van der Waals surface area contributed by atoms with E-state index in [4.69, 9.17) is 4.74 Å². The van der Waals surface area contributed by atoms with Crippen LogP contribution in [0.4, 0.5) is 17.6 Å². The lowest BCUT2D eigenvalue weighted by molar-refractivity contribution is 0.0734. The van der Waals surface area contributed by atoms with Gasteiger partial charge < -0.3 is 4.74 Å². The fraction of sp³-hybridized carbons (Fsp3) is 0.267. The summed E-state index contributed by atoms with van der Waals surface area (Å²) in [5, 5.41) is 0. The van der Waals surface area contributed by atoms with Crippen molar-refractivity contribution in [2.24, 2.45) is 0 Å². The van der Waals surface area contributed by atoms with Gasteiger partial charge in [-0.2, -0.15) is 0 Å². The third-order valence-corrected chi connectivity index (χ3v) is 4.22. The van der Waals surface area contributed by atoms with E-state index in [1.807, 2.05) is 22.6 Å². The van der Waals surface area contributed by atoms with Crippen LogP contribution in [0.15, 0.2) is 36.5 Å². The Morgan fingerprint density at radius 1 is 1.18 bits per heavy atom. The summed E-state index contributed by atoms with van der Waals surface area (Å²) in [5.41, 5.74) is -2.00. The lowest BCUT2D eigenvalue weighted by Gasteiger charge is -2.21. The van der Waals surface area contributed by atoms with Crippen LogP contribution in [0.5, 0.6) is 0 Å². The van der Waals surface area contributed by atoms with Gasteiger partial charge in [-0.25, -0.2) is 17.6 Å². The Bertz CT molecular complexity index is 690. The number of halogens is 5. The van der Waals surface area contributed by atoms with Crippen molar-refractivity contribution in [1.29, 1.82) is 0 Å². The lowest BCUT2D eigenvalue weighted by Crippen LogP contribution is -2.29. The number of ether oxygens (including phenoxy) is 1. The second kappa shape index (κ2) is 5.77. The molecule has 116 valence electrons. The number of hydrogen-bond donors (Lipinski definition) is 0. The summed E-state index contributed by atoms with van der Waals surface area (Å²) in [6.07, 6.45) is -2.79. The molecule has 2 heterocycles. The molecule has 22 heavy (non-hydrogen) atoms. The number of pyridine rings is 1. The van der Waals surface area contributed by atoms with Crippen LogP contribution in [0.3, 0.4) is 0 Å². The van der Waals surface area contributed by atoms with Crippen LogP contribution in [-0.2, 0) is 10.3 Å². The molecule has 1 aliphatic rings. The molecule has 7 heteroatoms. The molecule has 1 aliphatic heterocycles. The number of hydrogen-bond acceptors (Lipinski definition) is 2. The second-order valence-electron chi connectivity index (χ2n) is 5.01. The average molecular weight is 423 g/mol. The first-order chi connectivity index (χ1) is 10.4. The van der Waals surface area contributed by atoms with Crippen molar-refractivity contribution >= 4 is 22.6 Å². The van der Waals surface area contributed by atoms with Crippen molar-refractivity contribution in [3.05, 3.63) is 63.0 Å². The Labute approximate surface area is 137 Å². The molecule has 3 rings (SSSR count). The maximum Gasteiger partial charge on any atom is 0.176 e. The van der Waals surface area contributed by atoms with Crippen molar-refractivity contribution in [3.63, 3.8) is 0 Å². The fourth-order valence-electron chi connectivity index (χ4n) is 2.31. The van der Waals surface area contributed by atoms with Gasteiger partial charge in [0.15, 0.2) is 17.9 Å². The molecule has 1 saturated heterocycles. The molecule has 0 amide bonds. The Kier molecular flexibility index (Phi) is 4.11. The van der Waals surface area contributed by atoms with Gasteiger partial charge in [-0.05, 0) is 40.8 Å². The summed E-state index contributed by atoms with van der Waals surface area (Å²) in [6.45, 7) is -0.165. The minimum atomic E-state index is -2.14. The molecule has 0 radical (unpaired) electrons. The molecular weight excluding hydrogens is 413 g/mol. The van der Waals surface area contributed by atoms with Crippen LogP contribution >= 0.6 is 22.6 Å². The molecule has 3 atom stereocenters. The van der Waals surface area contributed by atoms with E-state index in [1.54, 1.807) is 6.07 Å². The van der Waals surface area contributed by atoms with E-state index in [-0.39, 0.29) is 17.9 Å². The number of benzene rings is 1. The highest BCUT2D eigenvalue weighted by atomic mass is 127. The van der Waals surface area contributed by atoms with E-state index in [2.05, 4.69) is 4.98 Å². The summed E-state index contributed by atoms with van der Waals surface area (Å²) in [5.74, 6) is -1.74. The van der Waals surface area contributed by atoms with Gasteiger partial charge in [-0.15, -0.1) is 0 Å². The van der Waals surface area contributed by atoms with E-state index in [0.717, 1.165) is 15.7 Å². The van der Waals surface area contributed by atoms with E-state index in [0.29, 0.717) is 6.07 Å². The Morgan fingerprint density at radius 3 is 2.45 bits per heavy atom. The summed E-state index contributed by atoms with van der Waals surface area (Å²) in [4.78, 5) is 3.84. The first-order valence-electron chi connectivity index (χ1n) is 6.43. The maximum atomic E-state index is 14.6. The van der Waals surface area contributed by atoms with Gasteiger partial charge in [0.05, 0.1) is 12.3 Å². The number of alkyl halides is 2. The molecule has 2 aromatic rings. The third-order valence-electron chi connectivity index (χ3n) is 3.58. The van der Waals surface area contributed by atoms with E-state index >= 15 is 0 Å². The smallest absolute Gasteiger partial charge is 0.176 e. The monoisotopic (exact) mass is 423 g/mol. The summed E-state index contributed by atoms with van der Waals surface area (Å²) >= 11 is 1.99. The first-order valence-corrected chi connectivity index (χ1v) is 7.51. The Hall–Kier alpha value is -1.22. The zero-order valence-corrected chi connectivity index (χ0v) is 13.2. The predicted octanol–water partition coefficient (Wildman–Crippen LogP) is 4.24. The summed E-state index contributed by atoms with van der Waals surface area (Å²) in [6, 6.07) is 5.67. The normalized spacial score (nSPS) is 23.1. The van der Waals surface area contributed by atoms with Gasteiger partial charge in [-0.1, -0.05) is 6.07 Å². The van der Waals surface area contributed by atoms with Crippen LogP contribution in [-0.4, -0.2) is 17.8 Å². The van der Waals surface area contributed by atoms with Gasteiger partial charge in [0.2, 0.25) is 0 Å². The maximum absolute atomic E-state index is 14.6. The zero-order chi connectivity index (χ0) is 15.9. The highest BCUT2D eigenvalue weighted by molar-refractivity contribution is 14.1. The molecule has 3 unspecified atom stereocenters. The molecule has 0 aliphatic carbocycles. The van der Waals surface area contributed by atoms with Crippen molar-refractivity contribution < 1.29 is 22.3 Å². The molecule has 2 nitrogen and oxygen atoms in total. The molecule has 1 aromatic heterocycles. The molecule has 0 bridgehead atoms. The SMILES string of the molecule is Fc1ccc(C2(C(F)C(F)c3ccc(I)cn3)CO2)c(F)c1. The van der Waals surface area contributed by atoms with Crippen LogP contribution in [0.1, 0.15) is 17.4 Å². The van der Waals surface area contributed by atoms with Gasteiger partial charge in [-0.3, -0.25) is 4.98 Å². The molecule has 1 aromatic carbocycles. The van der Waals surface area contributed by atoms with Gasteiger partial charge >= 0.3 is 0 Å². The number of aromatic nitrogens is 1. The molecule has 0 saturated carbocycles. The summed E-state index contributed by atoms with van der Waals surface area (Å²) in [7, 11) is 0. The van der Waals surface area contributed by atoms with Gasteiger partial charge in [0.1, 0.15) is 11.6 Å². The van der Waals surface area contributed by atoms with Gasteiger partial charge in [0, 0.05) is 21.4 Å². The predicted molar refractivity (Wildman–Crippen MR) is 79.7 cm³/mol. The van der Waals surface area contributed by atoms with E-state index < -0.39 is 29.6 Å². The van der Waals surface area contributed by atoms with E-state index in [9.17, 15) is 17.6 Å². The highest BCUT2D eigenvalue weighted by Crippen LogP contribution is 2.49. The van der Waals surface area contributed by atoms with Crippen molar-refractivity contribution in [3.8, 4) is 0 Å². The van der Waals surface area contributed by atoms with Crippen LogP contribution < -0.4 is 0 Å². The largest absolute Gasteiger partial charge is 0.361 e. The lowest BCUT2D eigenvalue weighted by atomic mass is 9.90. The van der Waals surface area contributed by atoms with Crippen molar-refractivity contribution in [2.75, 3.05) is 6.61 Å². The van der Waals surface area contributed by atoms with E-state index in [1.165, 1.54) is 12.3 Å². The molecule has 1 fully saturated rings. The average Bonchev–Trinajstić information content (AvgIpc) is 3.28. The van der Waals surface area contributed by atoms with Crippen LogP contribution in [0.2, 0.25) is 0 Å². The summed E-state index contributed by atoms with van der Waals surface area (Å²) < 4.78 is 61.6. The fourth-order valence-corrected chi connectivity index (χ4v) is 2.63. The quantitative estimate of drug-likeness (QED) is 0.418. The molecular formula is C15H10F4INO. The minimum Gasteiger partial charge on any atom is -0.361 e. The Balaban J connectivity index is 1.90.